The Hall–Kier alpha value is -2.03. The number of halogens is 2. The monoisotopic (exact) mass is 217 g/mol. The summed E-state index contributed by atoms with van der Waals surface area (Å²) in [7, 11) is 0. The van der Waals surface area contributed by atoms with Crippen molar-refractivity contribution in [2.75, 3.05) is 0 Å². The fourth-order valence-electron chi connectivity index (χ4n) is 1.26. The van der Waals surface area contributed by atoms with E-state index in [0.29, 0.717) is 11.3 Å². The third kappa shape index (κ3) is 2.73. The van der Waals surface area contributed by atoms with Gasteiger partial charge in [-0.2, -0.15) is 0 Å². The lowest BCUT2D eigenvalue weighted by Gasteiger charge is -1.94. The molecule has 0 unspecified atom stereocenters. The van der Waals surface area contributed by atoms with Crippen LogP contribution in [0, 0.1) is 11.6 Å². The van der Waals surface area contributed by atoms with Gasteiger partial charge in [0.1, 0.15) is 11.6 Å². The Bertz CT molecular complexity index is 504. The van der Waals surface area contributed by atoms with Gasteiger partial charge in [0.05, 0.1) is 5.69 Å². The number of hydrogen-bond acceptors (Lipinski definition) is 1. The molecule has 3 heteroatoms. The van der Waals surface area contributed by atoms with E-state index in [1.807, 2.05) is 0 Å². The number of benzene rings is 2. The highest BCUT2D eigenvalue weighted by atomic mass is 19.1. The number of nitrogens with zero attached hydrogens (tertiary/aromatic N) is 1. The van der Waals surface area contributed by atoms with Crippen molar-refractivity contribution < 1.29 is 8.78 Å². The lowest BCUT2D eigenvalue weighted by molar-refractivity contribution is 0.627. The van der Waals surface area contributed by atoms with Crippen LogP contribution >= 0.6 is 0 Å². The molecular weight excluding hydrogens is 208 g/mol. The van der Waals surface area contributed by atoms with E-state index in [-0.39, 0.29) is 11.6 Å². The van der Waals surface area contributed by atoms with E-state index < -0.39 is 0 Å². The van der Waals surface area contributed by atoms with Gasteiger partial charge in [-0.3, -0.25) is 4.99 Å². The molecule has 0 atom stereocenters. The Morgan fingerprint density at radius 3 is 2.31 bits per heavy atom. The zero-order valence-electron chi connectivity index (χ0n) is 8.40. The molecule has 80 valence electrons. The van der Waals surface area contributed by atoms with Crippen LogP contribution in [0.25, 0.3) is 0 Å². The van der Waals surface area contributed by atoms with Crippen molar-refractivity contribution in [1.82, 2.24) is 0 Å². The van der Waals surface area contributed by atoms with Crippen LogP contribution in [-0.2, 0) is 0 Å². The molecule has 0 aliphatic carbocycles. The predicted molar refractivity (Wildman–Crippen MR) is 60.1 cm³/mol. The highest BCUT2D eigenvalue weighted by Crippen LogP contribution is 2.12. The SMILES string of the molecule is Fc1ccc(N=Cc2cccc(F)c2)cc1. The molecule has 0 spiro atoms. The number of rotatable bonds is 2. The first kappa shape index (κ1) is 10.5. The Morgan fingerprint density at radius 1 is 0.875 bits per heavy atom. The van der Waals surface area contributed by atoms with Gasteiger partial charge in [-0.1, -0.05) is 12.1 Å². The molecule has 2 aromatic carbocycles. The Kier molecular flexibility index (Phi) is 3.05. The molecule has 0 N–H and O–H groups in total. The molecule has 0 heterocycles. The first-order chi connectivity index (χ1) is 7.74. The van der Waals surface area contributed by atoms with Crippen molar-refractivity contribution >= 4 is 11.9 Å². The molecule has 2 rings (SSSR count). The van der Waals surface area contributed by atoms with Gasteiger partial charge in [0.2, 0.25) is 0 Å². The van der Waals surface area contributed by atoms with Crippen molar-refractivity contribution in [1.29, 1.82) is 0 Å². The van der Waals surface area contributed by atoms with E-state index >= 15 is 0 Å². The number of hydrogen-bond donors (Lipinski definition) is 0. The smallest absolute Gasteiger partial charge is 0.123 e. The van der Waals surface area contributed by atoms with E-state index in [4.69, 9.17) is 0 Å². The summed E-state index contributed by atoms with van der Waals surface area (Å²) in [6.07, 6.45) is 1.54. The van der Waals surface area contributed by atoms with Crippen LogP contribution in [0.5, 0.6) is 0 Å². The molecule has 0 aliphatic rings. The second-order valence-corrected chi connectivity index (χ2v) is 3.29. The third-order valence-corrected chi connectivity index (χ3v) is 2.04. The summed E-state index contributed by atoms with van der Waals surface area (Å²) in [6.45, 7) is 0. The van der Waals surface area contributed by atoms with Crippen LogP contribution in [0.1, 0.15) is 5.56 Å². The molecule has 0 amide bonds. The highest BCUT2D eigenvalue weighted by Gasteiger charge is 1.92. The zero-order valence-corrected chi connectivity index (χ0v) is 8.40. The van der Waals surface area contributed by atoms with Gasteiger partial charge in [-0.25, -0.2) is 8.78 Å². The zero-order chi connectivity index (χ0) is 11.4. The number of aliphatic imine (C=N–C) groups is 1. The van der Waals surface area contributed by atoms with Gasteiger partial charge in [0.25, 0.3) is 0 Å². The molecule has 1 nitrogen and oxygen atoms in total. The van der Waals surface area contributed by atoms with Crippen LogP contribution in [0.2, 0.25) is 0 Å². The minimum Gasteiger partial charge on any atom is -0.256 e. The summed E-state index contributed by atoms with van der Waals surface area (Å²) in [4.78, 5) is 4.10. The van der Waals surface area contributed by atoms with Crippen molar-refractivity contribution in [2.45, 2.75) is 0 Å². The van der Waals surface area contributed by atoms with Gasteiger partial charge in [-0.15, -0.1) is 0 Å². The van der Waals surface area contributed by atoms with E-state index in [1.54, 1.807) is 24.3 Å². The highest BCUT2D eigenvalue weighted by molar-refractivity contribution is 5.81. The van der Waals surface area contributed by atoms with Crippen molar-refractivity contribution in [3.63, 3.8) is 0 Å². The molecule has 2 aromatic rings. The quantitative estimate of drug-likeness (QED) is 0.680. The van der Waals surface area contributed by atoms with Crippen LogP contribution in [0.15, 0.2) is 53.5 Å². The molecule has 0 fully saturated rings. The summed E-state index contributed by atoms with van der Waals surface area (Å²) < 4.78 is 25.4. The second-order valence-electron chi connectivity index (χ2n) is 3.29. The summed E-state index contributed by atoms with van der Waals surface area (Å²) in [5, 5.41) is 0. The lowest BCUT2D eigenvalue weighted by atomic mass is 10.2. The molecule has 0 aromatic heterocycles. The van der Waals surface area contributed by atoms with Crippen molar-refractivity contribution in [3.8, 4) is 0 Å². The molecule has 0 bridgehead atoms. The lowest BCUT2D eigenvalue weighted by Crippen LogP contribution is -1.81. The van der Waals surface area contributed by atoms with E-state index in [9.17, 15) is 8.78 Å². The maximum Gasteiger partial charge on any atom is 0.123 e. The van der Waals surface area contributed by atoms with Crippen LogP contribution in [0.4, 0.5) is 14.5 Å². The standard InChI is InChI=1S/C13H9F2N/c14-11-4-6-13(7-5-11)16-9-10-2-1-3-12(15)8-10/h1-9H. The summed E-state index contributed by atoms with van der Waals surface area (Å²) in [5.74, 6) is -0.604. The Balaban J connectivity index is 2.18. The van der Waals surface area contributed by atoms with E-state index in [2.05, 4.69) is 4.99 Å². The van der Waals surface area contributed by atoms with Gasteiger partial charge >= 0.3 is 0 Å². The minimum absolute atomic E-state index is 0.301. The first-order valence-electron chi connectivity index (χ1n) is 4.79. The van der Waals surface area contributed by atoms with Gasteiger partial charge in [0.15, 0.2) is 0 Å². The van der Waals surface area contributed by atoms with Gasteiger partial charge in [-0.05, 0) is 42.0 Å². The first-order valence-corrected chi connectivity index (χ1v) is 4.79. The Labute approximate surface area is 92.1 Å². The average molecular weight is 217 g/mol. The summed E-state index contributed by atoms with van der Waals surface area (Å²) in [6, 6.07) is 11.9. The second kappa shape index (κ2) is 4.66. The van der Waals surface area contributed by atoms with Crippen LogP contribution in [0.3, 0.4) is 0 Å². The molecule has 0 radical (unpaired) electrons. The van der Waals surface area contributed by atoms with E-state index in [1.165, 1.54) is 30.5 Å². The Morgan fingerprint density at radius 2 is 1.62 bits per heavy atom. The average Bonchev–Trinajstić information content (AvgIpc) is 2.28. The normalized spacial score (nSPS) is 10.9. The summed E-state index contributed by atoms with van der Waals surface area (Å²) >= 11 is 0. The molecular formula is C13H9F2N. The fourth-order valence-corrected chi connectivity index (χ4v) is 1.26. The van der Waals surface area contributed by atoms with Crippen molar-refractivity contribution in [2.24, 2.45) is 4.99 Å². The van der Waals surface area contributed by atoms with E-state index in [0.717, 1.165) is 0 Å². The van der Waals surface area contributed by atoms with Crippen molar-refractivity contribution in [3.05, 3.63) is 65.7 Å². The molecule has 0 saturated heterocycles. The molecule has 0 saturated carbocycles. The largest absolute Gasteiger partial charge is 0.256 e. The maximum atomic E-state index is 12.8. The topological polar surface area (TPSA) is 12.4 Å². The molecule has 16 heavy (non-hydrogen) atoms. The van der Waals surface area contributed by atoms with Gasteiger partial charge < -0.3 is 0 Å². The summed E-state index contributed by atoms with van der Waals surface area (Å²) in [5.41, 5.74) is 1.30. The van der Waals surface area contributed by atoms with Gasteiger partial charge in [0, 0.05) is 6.21 Å². The fraction of sp³-hybridized carbons (Fsp3) is 0. The third-order valence-electron chi connectivity index (χ3n) is 2.04. The van der Waals surface area contributed by atoms with Crippen LogP contribution in [-0.4, -0.2) is 6.21 Å². The maximum absolute atomic E-state index is 12.8. The molecule has 0 aliphatic heterocycles. The predicted octanol–water partition coefficient (Wildman–Crippen LogP) is 3.72. The minimum atomic E-state index is -0.303. The van der Waals surface area contributed by atoms with Crippen LogP contribution < -0.4 is 0 Å².